The molecule has 0 bridgehead atoms. The molecule has 0 radical (unpaired) electrons. The van der Waals surface area contributed by atoms with Crippen molar-refractivity contribution >= 4 is 11.9 Å². The number of aryl methyl sites for hydroxylation is 1. The third kappa shape index (κ3) is 4.49. The fourth-order valence-electron chi connectivity index (χ4n) is 5.81. The van der Waals surface area contributed by atoms with E-state index < -0.39 is 5.72 Å². The van der Waals surface area contributed by atoms with Crippen LogP contribution in [0.2, 0.25) is 0 Å². The average Bonchev–Trinajstić information content (AvgIpc) is 3.42. The molecule has 35 heavy (non-hydrogen) atoms. The molecule has 1 fully saturated rings. The summed E-state index contributed by atoms with van der Waals surface area (Å²) >= 11 is 0. The van der Waals surface area contributed by atoms with Crippen molar-refractivity contribution < 1.29 is 14.3 Å². The minimum absolute atomic E-state index is 0.433. The highest BCUT2D eigenvalue weighted by Crippen LogP contribution is 2.54. The van der Waals surface area contributed by atoms with Crippen molar-refractivity contribution in [2.75, 3.05) is 27.4 Å². The van der Waals surface area contributed by atoms with Crippen molar-refractivity contribution in [3.05, 3.63) is 60.2 Å². The molecule has 186 valence electrons. The second kappa shape index (κ2) is 9.90. The predicted molar refractivity (Wildman–Crippen MR) is 137 cm³/mol. The zero-order valence-electron chi connectivity index (χ0n) is 21.2. The Hall–Kier alpha value is -3.06. The highest BCUT2D eigenvalue weighted by Gasteiger charge is 2.56. The molecule has 4 atom stereocenters. The maximum absolute atomic E-state index is 6.21. The molecule has 0 spiro atoms. The van der Waals surface area contributed by atoms with E-state index in [9.17, 15) is 0 Å². The topological polar surface area (TPSA) is 61.1 Å². The first-order valence-corrected chi connectivity index (χ1v) is 12.6. The van der Waals surface area contributed by atoms with Crippen molar-refractivity contribution in [3.8, 4) is 11.4 Å². The summed E-state index contributed by atoms with van der Waals surface area (Å²) in [6, 6.07) is 6.17. The molecule has 1 saturated carbocycles. The number of aromatic nitrogens is 2. The first-order chi connectivity index (χ1) is 17.0. The number of oxime groups is 1. The maximum Gasteiger partial charge on any atom is 0.212 e. The van der Waals surface area contributed by atoms with Crippen LogP contribution in [-0.4, -0.2) is 53.4 Å². The number of benzene rings is 1. The van der Waals surface area contributed by atoms with Crippen LogP contribution in [0.3, 0.4) is 0 Å². The standard InChI is InChI=1S/C28H36N4O3/c1-20-18-31(19-29-20)25-12-10-21(16-26(25)34-4)11-13-27-30-35-28(2,32(27)14-7-15-33-3)24-17-22-8-5-6-9-23(22)24/h6,9-13,16,18-19,22-24H,5,7-8,14-15,17H2,1-4H3/b13-11+. The molecular formula is C28H36N4O3. The van der Waals surface area contributed by atoms with Gasteiger partial charge in [0.05, 0.1) is 24.8 Å². The van der Waals surface area contributed by atoms with Gasteiger partial charge in [-0.05, 0) is 75.1 Å². The molecule has 4 unspecified atom stereocenters. The fourth-order valence-corrected chi connectivity index (χ4v) is 5.81. The molecule has 0 saturated heterocycles. The number of methoxy groups -OCH3 is 2. The summed E-state index contributed by atoms with van der Waals surface area (Å²) in [6.07, 6.45) is 17.3. The normalized spacial score (nSPS) is 27.5. The van der Waals surface area contributed by atoms with E-state index in [0.717, 1.165) is 47.4 Å². The molecule has 0 N–H and O–H groups in total. The second-order valence-corrected chi connectivity index (χ2v) is 9.97. The summed E-state index contributed by atoms with van der Waals surface area (Å²) in [5.41, 5.74) is 2.53. The van der Waals surface area contributed by atoms with Crippen LogP contribution in [0, 0.1) is 24.7 Å². The average molecular weight is 477 g/mol. The summed E-state index contributed by atoms with van der Waals surface area (Å²) in [7, 11) is 3.44. The van der Waals surface area contributed by atoms with Crippen molar-refractivity contribution in [1.82, 2.24) is 14.5 Å². The predicted octanol–water partition coefficient (Wildman–Crippen LogP) is 5.20. The number of ether oxygens (including phenoxy) is 2. The van der Waals surface area contributed by atoms with Gasteiger partial charge in [-0.1, -0.05) is 29.5 Å². The molecule has 7 heteroatoms. The van der Waals surface area contributed by atoms with Crippen LogP contribution in [0.15, 0.2) is 54.1 Å². The lowest BCUT2D eigenvalue weighted by Crippen LogP contribution is -2.59. The highest BCUT2D eigenvalue weighted by molar-refractivity contribution is 5.97. The smallest absolute Gasteiger partial charge is 0.212 e. The number of amidine groups is 1. The quantitative estimate of drug-likeness (QED) is 0.368. The molecule has 2 heterocycles. The zero-order chi connectivity index (χ0) is 24.4. The number of fused-ring (bicyclic) bond motifs is 1. The summed E-state index contributed by atoms with van der Waals surface area (Å²) < 4.78 is 13.0. The van der Waals surface area contributed by atoms with Crippen LogP contribution in [0.5, 0.6) is 5.75 Å². The third-order valence-corrected chi connectivity index (χ3v) is 7.80. The van der Waals surface area contributed by atoms with E-state index in [4.69, 9.17) is 14.3 Å². The minimum Gasteiger partial charge on any atom is -0.495 e. The van der Waals surface area contributed by atoms with Crippen molar-refractivity contribution in [3.63, 3.8) is 0 Å². The molecule has 5 rings (SSSR count). The molecule has 1 aromatic carbocycles. The van der Waals surface area contributed by atoms with Gasteiger partial charge in [0.25, 0.3) is 0 Å². The Bertz CT molecular complexity index is 1140. The number of allylic oxidation sites excluding steroid dienone is 2. The van der Waals surface area contributed by atoms with Crippen molar-refractivity contribution in [1.29, 1.82) is 0 Å². The lowest BCUT2D eigenvalue weighted by molar-refractivity contribution is -0.176. The monoisotopic (exact) mass is 476 g/mol. The first-order valence-electron chi connectivity index (χ1n) is 12.6. The van der Waals surface area contributed by atoms with Crippen molar-refractivity contribution in [2.45, 2.75) is 45.3 Å². The minimum atomic E-state index is -0.433. The number of rotatable bonds is 9. The zero-order valence-corrected chi connectivity index (χ0v) is 21.2. The maximum atomic E-state index is 6.21. The van der Waals surface area contributed by atoms with E-state index in [1.165, 1.54) is 19.3 Å². The Morgan fingerprint density at radius 1 is 1.26 bits per heavy atom. The van der Waals surface area contributed by atoms with E-state index in [1.807, 2.05) is 23.8 Å². The summed E-state index contributed by atoms with van der Waals surface area (Å²) in [5, 5.41) is 4.56. The van der Waals surface area contributed by atoms with Gasteiger partial charge < -0.3 is 23.8 Å². The van der Waals surface area contributed by atoms with E-state index in [1.54, 1.807) is 20.5 Å². The number of imidazole rings is 1. The van der Waals surface area contributed by atoms with Gasteiger partial charge in [0.15, 0.2) is 5.84 Å². The van der Waals surface area contributed by atoms with E-state index in [2.05, 4.69) is 58.4 Å². The molecule has 1 aliphatic heterocycles. The molecule has 7 nitrogen and oxygen atoms in total. The van der Waals surface area contributed by atoms with Crippen LogP contribution in [-0.2, 0) is 9.57 Å². The van der Waals surface area contributed by atoms with E-state index in [-0.39, 0.29) is 0 Å². The molecule has 1 aromatic heterocycles. The Balaban J connectivity index is 1.36. The van der Waals surface area contributed by atoms with Gasteiger partial charge in [0.1, 0.15) is 5.75 Å². The van der Waals surface area contributed by atoms with Crippen LogP contribution < -0.4 is 4.74 Å². The lowest BCUT2D eigenvalue weighted by atomic mass is 9.57. The largest absolute Gasteiger partial charge is 0.495 e. The Morgan fingerprint density at radius 2 is 2.14 bits per heavy atom. The van der Waals surface area contributed by atoms with Gasteiger partial charge in [0, 0.05) is 32.4 Å². The van der Waals surface area contributed by atoms with E-state index in [0.29, 0.717) is 18.4 Å². The van der Waals surface area contributed by atoms with Crippen molar-refractivity contribution in [2.24, 2.45) is 22.9 Å². The fraction of sp³-hybridized carbons (Fsp3) is 0.500. The van der Waals surface area contributed by atoms with Crippen LogP contribution in [0.1, 0.15) is 43.9 Å². The van der Waals surface area contributed by atoms with Gasteiger partial charge in [-0.3, -0.25) is 0 Å². The van der Waals surface area contributed by atoms with Gasteiger partial charge in [0.2, 0.25) is 5.72 Å². The molecule has 0 amide bonds. The molecule has 3 aliphatic rings. The molecular weight excluding hydrogens is 440 g/mol. The Morgan fingerprint density at radius 3 is 2.89 bits per heavy atom. The van der Waals surface area contributed by atoms with E-state index >= 15 is 0 Å². The van der Waals surface area contributed by atoms with Crippen LogP contribution in [0.4, 0.5) is 0 Å². The second-order valence-electron chi connectivity index (χ2n) is 9.97. The van der Waals surface area contributed by atoms with Gasteiger partial charge >= 0.3 is 0 Å². The Kier molecular flexibility index (Phi) is 6.69. The van der Waals surface area contributed by atoms with Crippen LogP contribution in [0.25, 0.3) is 11.8 Å². The van der Waals surface area contributed by atoms with Gasteiger partial charge in [-0.15, -0.1) is 0 Å². The number of nitrogens with zero attached hydrogens (tertiary/aromatic N) is 4. The number of hydrogen-bond acceptors (Lipinski definition) is 6. The van der Waals surface area contributed by atoms with Crippen LogP contribution >= 0.6 is 0 Å². The highest BCUT2D eigenvalue weighted by atomic mass is 16.7. The summed E-state index contributed by atoms with van der Waals surface area (Å²) in [4.78, 5) is 12.9. The lowest BCUT2D eigenvalue weighted by Gasteiger charge is -2.53. The molecule has 2 aromatic rings. The number of hydrogen-bond donors (Lipinski definition) is 0. The SMILES string of the molecule is COCCCN1C(/C=C/c2ccc(-n3cnc(C)c3)c(OC)c2)=NOC1(C)C1CC2CCC=CC21. The first kappa shape index (κ1) is 23.7. The Labute approximate surface area is 208 Å². The molecule has 2 aliphatic carbocycles. The summed E-state index contributed by atoms with van der Waals surface area (Å²) in [5.74, 6) is 3.47. The van der Waals surface area contributed by atoms with Gasteiger partial charge in [-0.2, -0.15) is 0 Å². The third-order valence-electron chi connectivity index (χ3n) is 7.80. The summed E-state index contributed by atoms with van der Waals surface area (Å²) in [6.45, 7) is 5.74. The van der Waals surface area contributed by atoms with Gasteiger partial charge in [-0.25, -0.2) is 4.98 Å².